The van der Waals surface area contributed by atoms with E-state index in [9.17, 15) is 18.0 Å². The molecule has 9 heteroatoms. The van der Waals surface area contributed by atoms with Gasteiger partial charge in [0.25, 0.3) is 5.91 Å². The van der Waals surface area contributed by atoms with Crippen LogP contribution in [0, 0.1) is 5.92 Å². The van der Waals surface area contributed by atoms with Crippen molar-refractivity contribution in [2.75, 3.05) is 32.6 Å². The van der Waals surface area contributed by atoms with Gasteiger partial charge >= 0.3 is 5.97 Å². The zero-order chi connectivity index (χ0) is 22.6. The fourth-order valence-corrected chi connectivity index (χ4v) is 4.94. The first-order valence-electron chi connectivity index (χ1n) is 9.94. The molecule has 0 unspecified atom stereocenters. The number of carbonyl (C=O) groups excluding carboxylic acids is 2. The SMILES string of the molecule is COC(=O)c1cccc(NC(=O)c2cc(S(=O)(=O)N3CCC(C)CC3)ccc2OC)c1. The lowest BCUT2D eigenvalue weighted by Crippen LogP contribution is -2.37. The Labute approximate surface area is 182 Å². The highest BCUT2D eigenvalue weighted by Gasteiger charge is 2.29. The summed E-state index contributed by atoms with van der Waals surface area (Å²) in [6, 6.07) is 10.5. The minimum Gasteiger partial charge on any atom is -0.496 e. The summed E-state index contributed by atoms with van der Waals surface area (Å²) in [7, 11) is -1.05. The normalized spacial score (nSPS) is 15.3. The first-order chi connectivity index (χ1) is 14.8. The first-order valence-corrected chi connectivity index (χ1v) is 11.4. The van der Waals surface area contributed by atoms with Crippen LogP contribution in [0.4, 0.5) is 5.69 Å². The van der Waals surface area contributed by atoms with Crippen LogP contribution in [0.2, 0.25) is 0 Å². The number of amides is 1. The van der Waals surface area contributed by atoms with Gasteiger partial charge in [0.2, 0.25) is 10.0 Å². The lowest BCUT2D eigenvalue weighted by Gasteiger charge is -2.29. The monoisotopic (exact) mass is 446 g/mol. The van der Waals surface area contributed by atoms with E-state index in [4.69, 9.17) is 9.47 Å². The number of esters is 1. The van der Waals surface area contributed by atoms with Gasteiger partial charge in [-0.3, -0.25) is 4.79 Å². The van der Waals surface area contributed by atoms with Gasteiger partial charge in [-0.1, -0.05) is 13.0 Å². The molecule has 1 N–H and O–H groups in total. The Kier molecular flexibility index (Phi) is 6.97. The van der Waals surface area contributed by atoms with E-state index in [0.29, 0.717) is 24.7 Å². The van der Waals surface area contributed by atoms with E-state index in [1.54, 1.807) is 18.2 Å². The molecule has 0 bridgehead atoms. The van der Waals surface area contributed by atoms with E-state index < -0.39 is 21.9 Å². The van der Waals surface area contributed by atoms with Crippen molar-refractivity contribution in [2.45, 2.75) is 24.7 Å². The fourth-order valence-electron chi connectivity index (χ4n) is 3.44. The molecule has 0 radical (unpaired) electrons. The number of ether oxygens (including phenoxy) is 2. The fraction of sp³-hybridized carbons (Fsp3) is 0.364. The Morgan fingerprint density at radius 1 is 1.06 bits per heavy atom. The highest BCUT2D eigenvalue weighted by Crippen LogP contribution is 2.28. The maximum Gasteiger partial charge on any atom is 0.337 e. The Morgan fingerprint density at radius 2 is 1.77 bits per heavy atom. The van der Waals surface area contributed by atoms with Crippen molar-refractivity contribution < 1.29 is 27.5 Å². The summed E-state index contributed by atoms with van der Waals surface area (Å²) in [5.74, 6) is -0.349. The number of nitrogens with one attached hydrogen (secondary N) is 1. The van der Waals surface area contributed by atoms with E-state index >= 15 is 0 Å². The summed E-state index contributed by atoms with van der Waals surface area (Å²) in [4.78, 5) is 24.7. The molecule has 1 saturated heterocycles. The number of carbonyl (C=O) groups is 2. The number of sulfonamides is 1. The van der Waals surface area contributed by atoms with Crippen molar-refractivity contribution >= 4 is 27.6 Å². The summed E-state index contributed by atoms with van der Waals surface area (Å²) < 4.78 is 37.6. The van der Waals surface area contributed by atoms with Gasteiger partial charge in [0, 0.05) is 18.8 Å². The number of nitrogens with zero attached hydrogens (tertiary/aromatic N) is 1. The third-order valence-corrected chi connectivity index (χ3v) is 7.23. The summed E-state index contributed by atoms with van der Waals surface area (Å²) >= 11 is 0. The van der Waals surface area contributed by atoms with Gasteiger partial charge in [0.05, 0.1) is 30.2 Å². The summed E-state index contributed by atoms with van der Waals surface area (Å²) in [6.07, 6.45) is 1.61. The van der Waals surface area contributed by atoms with Crippen LogP contribution in [0.25, 0.3) is 0 Å². The summed E-state index contributed by atoms with van der Waals surface area (Å²) in [5, 5.41) is 2.68. The van der Waals surface area contributed by atoms with Gasteiger partial charge in [0.1, 0.15) is 5.75 Å². The molecule has 1 aliphatic rings. The van der Waals surface area contributed by atoms with E-state index in [1.165, 1.54) is 42.8 Å². The van der Waals surface area contributed by atoms with Crippen LogP contribution in [-0.2, 0) is 14.8 Å². The minimum atomic E-state index is -3.72. The molecule has 8 nitrogen and oxygen atoms in total. The quantitative estimate of drug-likeness (QED) is 0.684. The molecule has 31 heavy (non-hydrogen) atoms. The number of methoxy groups -OCH3 is 2. The van der Waals surface area contributed by atoms with Crippen LogP contribution in [0.3, 0.4) is 0 Å². The molecule has 0 saturated carbocycles. The number of rotatable bonds is 6. The third-order valence-electron chi connectivity index (χ3n) is 5.34. The molecule has 0 aliphatic carbocycles. The second-order valence-corrected chi connectivity index (χ2v) is 9.41. The number of hydrogen-bond donors (Lipinski definition) is 1. The minimum absolute atomic E-state index is 0.0383. The van der Waals surface area contributed by atoms with Gasteiger partial charge < -0.3 is 14.8 Å². The highest BCUT2D eigenvalue weighted by atomic mass is 32.2. The molecule has 1 heterocycles. The zero-order valence-corrected chi connectivity index (χ0v) is 18.6. The van der Waals surface area contributed by atoms with Crippen LogP contribution in [0.1, 0.15) is 40.5 Å². The lowest BCUT2D eigenvalue weighted by molar-refractivity contribution is 0.0600. The van der Waals surface area contributed by atoms with Crippen LogP contribution >= 0.6 is 0 Å². The number of hydrogen-bond acceptors (Lipinski definition) is 6. The summed E-state index contributed by atoms with van der Waals surface area (Å²) in [6.45, 7) is 3.02. The van der Waals surface area contributed by atoms with Gasteiger partial charge in [-0.2, -0.15) is 4.31 Å². The Morgan fingerprint density at radius 3 is 2.42 bits per heavy atom. The van der Waals surface area contributed by atoms with Crippen LogP contribution in [0.15, 0.2) is 47.4 Å². The molecular formula is C22H26N2O6S. The van der Waals surface area contributed by atoms with Crippen LogP contribution in [-0.4, -0.2) is 51.9 Å². The largest absolute Gasteiger partial charge is 0.496 e. The average molecular weight is 447 g/mol. The molecule has 166 valence electrons. The van der Waals surface area contributed by atoms with E-state index in [-0.39, 0.29) is 21.8 Å². The second-order valence-electron chi connectivity index (χ2n) is 7.48. The molecule has 0 atom stereocenters. The number of benzene rings is 2. The van der Waals surface area contributed by atoms with Crippen LogP contribution in [0.5, 0.6) is 5.75 Å². The highest BCUT2D eigenvalue weighted by molar-refractivity contribution is 7.89. The lowest BCUT2D eigenvalue weighted by atomic mass is 10.0. The maximum absolute atomic E-state index is 13.1. The first kappa shape index (κ1) is 22.8. The van der Waals surface area contributed by atoms with Gasteiger partial charge in [-0.25, -0.2) is 13.2 Å². The van der Waals surface area contributed by atoms with Crippen molar-refractivity contribution in [1.29, 1.82) is 0 Å². The molecule has 3 rings (SSSR count). The molecule has 0 spiro atoms. The summed E-state index contributed by atoms with van der Waals surface area (Å²) in [5.41, 5.74) is 0.730. The second kappa shape index (κ2) is 9.49. The topological polar surface area (TPSA) is 102 Å². The van der Waals surface area contributed by atoms with Crippen molar-refractivity contribution in [1.82, 2.24) is 4.31 Å². The van der Waals surface area contributed by atoms with Crippen LogP contribution < -0.4 is 10.1 Å². The molecular weight excluding hydrogens is 420 g/mol. The molecule has 2 aromatic rings. The molecule has 1 aliphatic heterocycles. The van der Waals surface area contributed by atoms with E-state index in [1.807, 2.05) is 0 Å². The Bertz CT molecular complexity index is 1080. The Hall–Kier alpha value is -2.91. The van der Waals surface area contributed by atoms with Gasteiger partial charge in [-0.15, -0.1) is 0 Å². The van der Waals surface area contributed by atoms with Gasteiger partial charge in [-0.05, 0) is 55.2 Å². The number of anilines is 1. The smallest absolute Gasteiger partial charge is 0.337 e. The molecule has 2 aromatic carbocycles. The van der Waals surface area contributed by atoms with Crippen molar-refractivity contribution in [3.05, 3.63) is 53.6 Å². The van der Waals surface area contributed by atoms with E-state index in [2.05, 4.69) is 12.2 Å². The van der Waals surface area contributed by atoms with E-state index in [0.717, 1.165) is 12.8 Å². The van der Waals surface area contributed by atoms with Crippen molar-refractivity contribution in [3.63, 3.8) is 0 Å². The molecule has 1 fully saturated rings. The molecule has 1 amide bonds. The molecule has 0 aromatic heterocycles. The predicted molar refractivity (Wildman–Crippen MR) is 116 cm³/mol. The Balaban J connectivity index is 1.89. The van der Waals surface area contributed by atoms with Gasteiger partial charge in [0.15, 0.2) is 0 Å². The maximum atomic E-state index is 13.1. The third kappa shape index (κ3) is 5.05. The predicted octanol–water partition coefficient (Wildman–Crippen LogP) is 3.15. The van der Waals surface area contributed by atoms with Crippen molar-refractivity contribution in [3.8, 4) is 5.75 Å². The zero-order valence-electron chi connectivity index (χ0n) is 17.8. The standard InChI is InChI=1S/C22H26N2O6S/c1-15-9-11-24(12-10-15)31(27,28)18-7-8-20(29-2)19(14-18)21(25)23-17-6-4-5-16(13-17)22(26)30-3/h4-8,13-15H,9-12H2,1-3H3,(H,23,25). The van der Waals surface area contributed by atoms with Crippen molar-refractivity contribution in [2.24, 2.45) is 5.92 Å². The number of piperidine rings is 1. The average Bonchev–Trinajstić information content (AvgIpc) is 2.78.